The Labute approximate surface area is 112 Å². The Bertz CT molecular complexity index is 504. The SMILES string of the molecule is O=C(NC1CC1)C1CN(c2ccnc(C3CC3)n2)C1. The molecule has 0 atom stereocenters. The topological polar surface area (TPSA) is 58.1 Å². The van der Waals surface area contributed by atoms with E-state index in [0.29, 0.717) is 12.0 Å². The first-order valence-electron chi connectivity index (χ1n) is 7.18. The number of aromatic nitrogens is 2. The molecule has 0 unspecified atom stereocenters. The summed E-state index contributed by atoms with van der Waals surface area (Å²) >= 11 is 0. The van der Waals surface area contributed by atoms with Gasteiger partial charge in [0.25, 0.3) is 0 Å². The Morgan fingerprint density at radius 1 is 1.26 bits per heavy atom. The zero-order valence-corrected chi connectivity index (χ0v) is 10.9. The van der Waals surface area contributed by atoms with Gasteiger partial charge in [-0.05, 0) is 31.7 Å². The number of anilines is 1. The van der Waals surface area contributed by atoms with Crippen molar-refractivity contribution in [2.45, 2.75) is 37.6 Å². The first-order valence-corrected chi connectivity index (χ1v) is 7.18. The molecule has 2 heterocycles. The fourth-order valence-corrected chi connectivity index (χ4v) is 2.46. The Kier molecular flexibility index (Phi) is 2.47. The number of hydrogen-bond donors (Lipinski definition) is 1. The standard InChI is InChI=1S/C14H18N4O/c19-14(16-11-3-4-11)10-7-18(8-10)12-5-6-15-13(17-12)9-1-2-9/h5-6,9-11H,1-4,7-8H2,(H,16,19). The molecule has 1 aliphatic heterocycles. The highest BCUT2D eigenvalue weighted by Crippen LogP contribution is 2.38. The van der Waals surface area contributed by atoms with Crippen LogP contribution in [0.3, 0.4) is 0 Å². The lowest BCUT2D eigenvalue weighted by molar-refractivity contribution is -0.125. The van der Waals surface area contributed by atoms with Crippen molar-refractivity contribution in [3.8, 4) is 0 Å². The second-order valence-electron chi connectivity index (χ2n) is 5.93. The van der Waals surface area contributed by atoms with Gasteiger partial charge in [0.05, 0.1) is 5.92 Å². The van der Waals surface area contributed by atoms with Gasteiger partial charge in [-0.1, -0.05) is 0 Å². The van der Waals surface area contributed by atoms with Crippen LogP contribution in [-0.4, -0.2) is 35.0 Å². The molecule has 3 fully saturated rings. The van der Waals surface area contributed by atoms with Gasteiger partial charge in [0.15, 0.2) is 0 Å². The minimum atomic E-state index is 0.139. The van der Waals surface area contributed by atoms with E-state index >= 15 is 0 Å². The van der Waals surface area contributed by atoms with Gasteiger partial charge in [0.2, 0.25) is 5.91 Å². The first kappa shape index (κ1) is 11.2. The van der Waals surface area contributed by atoms with E-state index in [-0.39, 0.29) is 11.8 Å². The van der Waals surface area contributed by atoms with E-state index in [1.807, 2.05) is 12.3 Å². The molecule has 0 radical (unpaired) electrons. The third kappa shape index (κ3) is 2.29. The average molecular weight is 258 g/mol. The molecule has 5 nitrogen and oxygen atoms in total. The summed E-state index contributed by atoms with van der Waals surface area (Å²) in [5.41, 5.74) is 0. The highest BCUT2D eigenvalue weighted by Gasteiger charge is 2.36. The number of rotatable bonds is 4. The molecular weight excluding hydrogens is 240 g/mol. The van der Waals surface area contributed by atoms with Crippen LogP contribution in [0.1, 0.15) is 37.4 Å². The summed E-state index contributed by atoms with van der Waals surface area (Å²) in [6.45, 7) is 1.58. The van der Waals surface area contributed by atoms with Gasteiger partial charge in [0, 0.05) is 31.2 Å². The molecule has 4 rings (SSSR count). The van der Waals surface area contributed by atoms with Crippen molar-refractivity contribution < 1.29 is 4.79 Å². The molecule has 100 valence electrons. The molecule has 19 heavy (non-hydrogen) atoms. The van der Waals surface area contributed by atoms with Crippen LogP contribution >= 0.6 is 0 Å². The fraction of sp³-hybridized carbons (Fsp3) is 0.643. The van der Waals surface area contributed by atoms with Gasteiger partial charge >= 0.3 is 0 Å². The molecule has 5 heteroatoms. The van der Waals surface area contributed by atoms with Crippen molar-refractivity contribution in [1.82, 2.24) is 15.3 Å². The Morgan fingerprint density at radius 2 is 2.05 bits per heavy atom. The second-order valence-corrected chi connectivity index (χ2v) is 5.93. The predicted octanol–water partition coefficient (Wildman–Crippen LogP) is 1.07. The molecule has 3 aliphatic rings. The van der Waals surface area contributed by atoms with Crippen molar-refractivity contribution in [1.29, 1.82) is 0 Å². The maximum absolute atomic E-state index is 11.9. The summed E-state index contributed by atoms with van der Waals surface area (Å²) in [7, 11) is 0. The summed E-state index contributed by atoms with van der Waals surface area (Å²) in [6.07, 6.45) is 6.58. The number of nitrogens with one attached hydrogen (secondary N) is 1. The third-order valence-electron chi connectivity index (χ3n) is 4.10. The number of hydrogen-bond acceptors (Lipinski definition) is 4. The van der Waals surface area contributed by atoms with E-state index in [0.717, 1.165) is 37.6 Å². The largest absolute Gasteiger partial charge is 0.355 e. The Balaban J connectivity index is 1.36. The van der Waals surface area contributed by atoms with E-state index in [1.54, 1.807) is 0 Å². The maximum Gasteiger partial charge on any atom is 0.226 e. The summed E-state index contributed by atoms with van der Waals surface area (Å²) < 4.78 is 0. The summed E-state index contributed by atoms with van der Waals surface area (Å²) in [5, 5.41) is 3.07. The lowest BCUT2D eigenvalue weighted by Crippen LogP contribution is -2.54. The van der Waals surface area contributed by atoms with Gasteiger partial charge in [-0.2, -0.15) is 0 Å². The Morgan fingerprint density at radius 3 is 2.74 bits per heavy atom. The van der Waals surface area contributed by atoms with E-state index in [4.69, 9.17) is 0 Å². The van der Waals surface area contributed by atoms with Crippen LogP contribution in [0, 0.1) is 5.92 Å². The van der Waals surface area contributed by atoms with E-state index < -0.39 is 0 Å². The third-order valence-corrected chi connectivity index (χ3v) is 4.10. The molecule has 1 amide bonds. The van der Waals surface area contributed by atoms with Crippen LogP contribution in [0.15, 0.2) is 12.3 Å². The second kappa shape index (κ2) is 4.18. The Hall–Kier alpha value is -1.65. The fourth-order valence-electron chi connectivity index (χ4n) is 2.46. The van der Waals surface area contributed by atoms with Crippen LogP contribution in [0.4, 0.5) is 5.82 Å². The van der Waals surface area contributed by atoms with Crippen molar-refractivity contribution in [2.24, 2.45) is 5.92 Å². The molecule has 1 aromatic rings. The molecule has 0 aromatic carbocycles. The van der Waals surface area contributed by atoms with Gasteiger partial charge in [-0.25, -0.2) is 9.97 Å². The number of nitrogens with zero attached hydrogens (tertiary/aromatic N) is 3. The molecule has 2 aliphatic carbocycles. The van der Waals surface area contributed by atoms with Gasteiger partial charge < -0.3 is 10.2 Å². The molecule has 2 saturated carbocycles. The molecule has 1 N–H and O–H groups in total. The zero-order valence-electron chi connectivity index (χ0n) is 10.9. The smallest absolute Gasteiger partial charge is 0.226 e. The molecular formula is C14H18N4O. The molecule has 1 aromatic heterocycles. The van der Waals surface area contributed by atoms with Gasteiger partial charge in [-0.15, -0.1) is 0 Å². The molecule has 1 saturated heterocycles. The highest BCUT2D eigenvalue weighted by molar-refractivity contribution is 5.82. The predicted molar refractivity (Wildman–Crippen MR) is 70.9 cm³/mol. The average Bonchev–Trinajstić information content (AvgIpc) is 3.22. The van der Waals surface area contributed by atoms with Crippen LogP contribution in [0.5, 0.6) is 0 Å². The minimum absolute atomic E-state index is 0.139. The molecule has 0 bridgehead atoms. The van der Waals surface area contributed by atoms with Crippen LogP contribution < -0.4 is 10.2 Å². The number of amides is 1. The van der Waals surface area contributed by atoms with E-state index in [9.17, 15) is 4.79 Å². The minimum Gasteiger partial charge on any atom is -0.355 e. The monoisotopic (exact) mass is 258 g/mol. The first-order chi connectivity index (χ1) is 9.29. The van der Waals surface area contributed by atoms with Gasteiger partial charge in [-0.3, -0.25) is 4.79 Å². The summed E-state index contributed by atoms with van der Waals surface area (Å²) in [5.74, 6) is 2.89. The normalized spacial score (nSPS) is 23.1. The van der Waals surface area contributed by atoms with Crippen molar-refractivity contribution >= 4 is 11.7 Å². The zero-order chi connectivity index (χ0) is 12.8. The molecule has 0 spiro atoms. The van der Waals surface area contributed by atoms with Crippen LogP contribution in [-0.2, 0) is 4.79 Å². The number of carbonyl (C=O) groups is 1. The van der Waals surface area contributed by atoms with Crippen molar-refractivity contribution in [2.75, 3.05) is 18.0 Å². The summed E-state index contributed by atoms with van der Waals surface area (Å²) in [4.78, 5) is 23.0. The van der Waals surface area contributed by atoms with E-state index in [2.05, 4.69) is 20.2 Å². The van der Waals surface area contributed by atoms with Gasteiger partial charge in [0.1, 0.15) is 11.6 Å². The lowest BCUT2D eigenvalue weighted by Gasteiger charge is -2.39. The highest BCUT2D eigenvalue weighted by atomic mass is 16.2. The summed E-state index contributed by atoms with van der Waals surface area (Å²) in [6, 6.07) is 2.41. The quantitative estimate of drug-likeness (QED) is 0.877. The lowest BCUT2D eigenvalue weighted by atomic mass is 9.99. The number of carbonyl (C=O) groups excluding carboxylic acids is 1. The van der Waals surface area contributed by atoms with Crippen LogP contribution in [0.25, 0.3) is 0 Å². The van der Waals surface area contributed by atoms with Crippen molar-refractivity contribution in [3.63, 3.8) is 0 Å². The maximum atomic E-state index is 11.9. The van der Waals surface area contributed by atoms with Crippen LogP contribution in [0.2, 0.25) is 0 Å². The van der Waals surface area contributed by atoms with Crippen molar-refractivity contribution in [3.05, 3.63) is 18.1 Å². The van der Waals surface area contributed by atoms with E-state index in [1.165, 1.54) is 12.8 Å².